The van der Waals surface area contributed by atoms with Crippen LogP contribution >= 0.6 is 0 Å². The minimum absolute atomic E-state index is 0.429. The van der Waals surface area contributed by atoms with Gasteiger partial charge in [-0.05, 0) is 47.8 Å². The third-order valence-corrected chi connectivity index (χ3v) is 4.03. The number of allylic oxidation sites excluding steroid dienone is 2. The zero-order valence-corrected chi connectivity index (χ0v) is 11.6. The molecule has 1 unspecified atom stereocenters. The molecule has 1 N–H and O–H groups in total. The molecule has 0 aliphatic heterocycles. The first kappa shape index (κ1) is 13.7. The Balaban J connectivity index is 3.45. The lowest BCUT2D eigenvalue weighted by molar-refractivity contribution is 0.685. The van der Waals surface area contributed by atoms with Crippen molar-refractivity contribution in [2.24, 2.45) is 0 Å². The van der Waals surface area contributed by atoms with E-state index < -0.39 is 9.52 Å². The number of benzene rings is 1. The Morgan fingerprint density at radius 3 is 2.24 bits per heavy atom. The molecule has 0 aliphatic carbocycles. The van der Waals surface area contributed by atoms with Crippen LogP contribution in [-0.4, -0.2) is 22.0 Å². The van der Waals surface area contributed by atoms with Crippen molar-refractivity contribution in [3.05, 3.63) is 41.0 Å². The van der Waals surface area contributed by atoms with Gasteiger partial charge in [-0.25, -0.2) is 0 Å². The summed E-state index contributed by atoms with van der Waals surface area (Å²) in [5.41, 5.74) is 3.16. The van der Waals surface area contributed by atoms with Gasteiger partial charge in [-0.2, -0.15) is 0 Å². The fourth-order valence-electron chi connectivity index (χ4n) is 1.50. The van der Waals surface area contributed by atoms with E-state index in [1.165, 1.54) is 0 Å². The topological polar surface area (TPSA) is 40.9 Å². The van der Waals surface area contributed by atoms with Crippen LogP contribution in [0, 0.1) is 5.41 Å². The summed E-state index contributed by atoms with van der Waals surface area (Å²) in [5.74, 6) is 3.70. The maximum atomic E-state index is 12.1. The van der Waals surface area contributed by atoms with E-state index in [1.807, 2.05) is 39.0 Å². The predicted molar refractivity (Wildman–Crippen MR) is 76.8 cm³/mol. The van der Waals surface area contributed by atoms with Crippen LogP contribution in [-0.2, 0) is 9.52 Å². The Bertz CT molecular complexity index is 576. The normalized spacial score (nSPS) is 13.9. The smallest absolute Gasteiger partial charge is 0.0652 e. The largest absolute Gasteiger partial charge is 0.300 e. The molecule has 0 heterocycles. The van der Waals surface area contributed by atoms with Crippen molar-refractivity contribution < 1.29 is 4.21 Å². The minimum Gasteiger partial charge on any atom is -0.300 e. The highest BCUT2D eigenvalue weighted by molar-refractivity contribution is 7.99. The van der Waals surface area contributed by atoms with Crippen LogP contribution in [0.4, 0.5) is 0 Å². The van der Waals surface area contributed by atoms with Crippen LogP contribution in [0.5, 0.6) is 0 Å². The Kier molecular flexibility index (Phi) is 3.94. The van der Waals surface area contributed by atoms with Crippen molar-refractivity contribution in [1.82, 2.24) is 0 Å². The highest BCUT2D eigenvalue weighted by Crippen LogP contribution is 2.20. The van der Waals surface area contributed by atoms with Crippen LogP contribution in [0.2, 0.25) is 0 Å². The molecule has 1 aromatic rings. The quantitative estimate of drug-likeness (QED) is 0.649. The first-order valence-corrected chi connectivity index (χ1v) is 7.53. The average Bonchev–Trinajstić information content (AvgIpc) is 2.25. The lowest BCUT2D eigenvalue weighted by Gasteiger charge is -2.13. The summed E-state index contributed by atoms with van der Waals surface area (Å²) in [5, 5.41) is 8.18. The molecule has 2 nitrogen and oxygen atoms in total. The van der Waals surface area contributed by atoms with Gasteiger partial charge in [0.05, 0.1) is 5.71 Å². The summed E-state index contributed by atoms with van der Waals surface area (Å²) < 4.78 is 12.1. The number of hydrogen-bond donors (Lipinski definition) is 1. The number of rotatable bonds is 3. The highest BCUT2D eigenvalue weighted by Gasteiger charge is 2.13. The zero-order valence-electron chi connectivity index (χ0n) is 10.8. The summed E-state index contributed by atoms with van der Waals surface area (Å²) in [6, 6.07) is 7.31. The molecule has 0 aliphatic rings. The fourth-order valence-corrected chi connectivity index (χ4v) is 2.50. The summed E-state index contributed by atoms with van der Waals surface area (Å²) in [6.07, 6.45) is 1.61. The maximum absolute atomic E-state index is 12.1. The van der Waals surface area contributed by atoms with Gasteiger partial charge < -0.3 is 0 Å². The molecule has 0 spiro atoms. The Morgan fingerprint density at radius 2 is 1.76 bits per heavy atom. The summed E-state index contributed by atoms with van der Waals surface area (Å²) in [7, 11) is -2.30. The van der Waals surface area contributed by atoms with Crippen LogP contribution in [0.3, 0.4) is 0 Å². The third-order valence-electron chi connectivity index (χ3n) is 2.75. The van der Waals surface area contributed by atoms with E-state index in [9.17, 15) is 4.21 Å². The van der Waals surface area contributed by atoms with Gasteiger partial charge in [0.15, 0.2) is 0 Å². The molecular weight excluding hydrogens is 230 g/mol. The molecule has 3 heteroatoms. The number of hydrogen-bond acceptors (Lipinski definition) is 2. The van der Waals surface area contributed by atoms with Gasteiger partial charge in [0.1, 0.15) is 0 Å². The minimum atomic E-state index is -2.30. The van der Waals surface area contributed by atoms with Gasteiger partial charge in [-0.15, -0.1) is 0 Å². The van der Waals surface area contributed by atoms with E-state index in [-0.39, 0.29) is 0 Å². The van der Waals surface area contributed by atoms with Crippen LogP contribution in [0.15, 0.2) is 40.3 Å². The monoisotopic (exact) mass is 249 g/mol. The molecule has 0 saturated heterocycles. The first-order valence-electron chi connectivity index (χ1n) is 5.40. The van der Waals surface area contributed by atoms with Crippen LogP contribution < -0.4 is 0 Å². The standard InChI is InChI=1S/C14H19NOS/c1-10(2)11(3)14(15)12-8-6-7-9-13(12)17(4,5)16/h6-9,15H,4H2,1-3,5H3. The average molecular weight is 249 g/mol. The van der Waals surface area contributed by atoms with Crippen LogP contribution in [0.25, 0.3) is 0 Å². The second-order valence-electron chi connectivity index (χ2n) is 4.50. The van der Waals surface area contributed by atoms with Crippen molar-refractivity contribution in [1.29, 1.82) is 5.41 Å². The van der Waals surface area contributed by atoms with Crippen molar-refractivity contribution in [3.63, 3.8) is 0 Å². The molecular formula is C14H19NOS. The van der Waals surface area contributed by atoms with E-state index in [0.717, 1.165) is 11.1 Å². The van der Waals surface area contributed by atoms with E-state index in [4.69, 9.17) is 5.41 Å². The molecule has 1 atom stereocenters. The van der Waals surface area contributed by atoms with Gasteiger partial charge in [-0.1, -0.05) is 23.8 Å². The fraction of sp³-hybridized carbons (Fsp3) is 0.286. The molecule has 0 aromatic heterocycles. The first-order chi connectivity index (χ1) is 7.75. The molecule has 0 saturated carbocycles. The van der Waals surface area contributed by atoms with Gasteiger partial charge >= 0.3 is 0 Å². The highest BCUT2D eigenvalue weighted by atomic mass is 32.2. The summed E-state index contributed by atoms with van der Waals surface area (Å²) in [6.45, 7) is 5.86. The summed E-state index contributed by atoms with van der Waals surface area (Å²) in [4.78, 5) is 0.658. The molecule has 0 amide bonds. The summed E-state index contributed by atoms with van der Waals surface area (Å²) >= 11 is 0. The van der Waals surface area contributed by atoms with Gasteiger partial charge in [0.25, 0.3) is 0 Å². The molecule has 1 aromatic carbocycles. The second-order valence-corrected chi connectivity index (χ2v) is 6.95. The van der Waals surface area contributed by atoms with Crippen molar-refractivity contribution in [3.8, 4) is 0 Å². The SMILES string of the molecule is C=S(C)(=O)c1ccccc1C(=N)C(C)=C(C)C. The molecule has 1 rings (SSSR count). The lowest BCUT2D eigenvalue weighted by Crippen LogP contribution is -2.09. The lowest BCUT2D eigenvalue weighted by atomic mass is 10.0. The molecule has 92 valence electrons. The van der Waals surface area contributed by atoms with E-state index in [2.05, 4.69) is 5.87 Å². The Morgan fingerprint density at radius 1 is 1.24 bits per heavy atom. The Hall–Kier alpha value is -1.35. The molecule has 0 fully saturated rings. The van der Waals surface area contributed by atoms with Crippen molar-refractivity contribution >= 4 is 21.1 Å². The maximum Gasteiger partial charge on any atom is 0.0652 e. The van der Waals surface area contributed by atoms with Crippen molar-refractivity contribution in [2.45, 2.75) is 25.7 Å². The zero-order chi connectivity index (χ0) is 13.2. The second kappa shape index (κ2) is 4.88. The van der Waals surface area contributed by atoms with E-state index in [1.54, 1.807) is 12.3 Å². The van der Waals surface area contributed by atoms with Crippen molar-refractivity contribution in [2.75, 3.05) is 6.26 Å². The van der Waals surface area contributed by atoms with E-state index >= 15 is 0 Å². The van der Waals surface area contributed by atoms with E-state index in [0.29, 0.717) is 16.2 Å². The van der Waals surface area contributed by atoms with Crippen LogP contribution in [0.1, 0.15) is 26.3 Å². The Labute approximate surface area is 104 Å². The molecule has 17 heavy (non-hydrogen) atoms. The predicted octanol–water partition coefficient (Wildman–Crippen LogP) is 3.12. The van der Waals surface area contributed by atoms with Gasteiger partial charge in [0.2, 0.25) is 0 Å². The van der Waals surface area contributed by atoms with Gasteiger partial charge in [-0.3, -0.25) is 9.62 Å². The molecule has 0 radical (unpaired) electrons. The third kappa shape index (κ3) is 3.07. The van der Waals surface area contributed by atoms with Gasteiger partial charge in [0, 0.05) is 16.7 Å². The number of nitrogens with one attached hydrogen (secondary N) is 1. The molecule has 0 bridgehead atoms.